The molecule has 3 aromatic carbocycles. The first-order valence-electron chi connectivity index (χ1n) is 17.4. The number of ether oxygens (including phenoxy) is 3. The Bertz CT molecular complexity index is 1870. The molecule has 0 aromatic heterocycles. The van der Waals surface area contributed by atoms with Gasteiger partial charge in [-0.05, 0) is 29.7 Å². The van der Waals surface area contributed by atoms with Crippen LogP contribution in [0.3, 0.4) is 0 Å². The molecule has 8 atom stereocenters. The van der Waals surface area contributed by atoms with Crippen molar-refractivity contribution in [1.29, 1.82) is 0 Å². The van der Waals surface area contributed by atoms with Crippen LogP contribution in [0.4, 0.5) is 5.69 Å². The molecule has 7 rings (SSSR count). The molecule has 0 radical (unpaired) electrons. The minimum Gasteiger partial charge on any atom is -0.455 e. The molecule has 4 aliphatic heterocycles. The number of nitrogens with one attached hydrogen (secondary N) is 1. The van der Waals surface area contributed by atoms with Gasteiger partial charge in [0.25, 0.3) is 5.91 Å². The van der Waals surface area contributed by atoms with Gasteiger partial charge in [0.15, 0.2) is 0 Å². The Morgan fingerprint density at radius 1 is 0.962 bits per heavy atom. The van der Waals surface area contributed by atoms with Crippen molar-refractivity contribution in [1.82, 2.24) is 10.2 Å². The summed E-state index contributed by atoms with van der Waals surface area (Å²) in [7, 11) is 1.50. The first-order chi connectivity index (χ1) is 25.3. The Balaban J connectivity index is 1.38. The Hall–Kier alpha value is -4.81. The fraction of sp³-hybridized carbons (Fsp3) is 0.350. The van der Waals surface area contributed by atoms with Crippen LogP contribution < -0.4 is 10.2 Å². The summed E-state index contributed by atoms with van der Waals surface area (Å²) in [6.07, 6.45) is 5.63. The summed E-state index contributed by atoms with van der Waals surface area (Å²) < 4.78 is 18.4. The Morgan fingerprint density at radius 3 is 2.38 bits per heavy atom. The van der Waals surface area contributed by atoms with Crippen molar-refractivity contribution in [2.45, 2.75) is 48.8 Å². The highest BCUT2D eigenvalue weighted by Gasteiger charge is 2.74. The van der Waals surface area contributed by atoms with Crippen LogP contribution in [-0.2, 0) is 33.4 Å². The summed E-state index contributed by atoms with van der Waals surface area (Å²) in [5.41, 5.74) is 0.0727. The molecule has 0 aliphatic carbocycles. The fourth-order valence-electron chi connectivity index (χ4n) is 8.05. The third kappa shape index (κ3) is 6.32. The molecule has 2 fully saturated rings. The largest absolute Gasteiger partial charge is 0.455 e. The molecule has 2 N–H and O–H groups in total. The van der Waals surface area contributed by atoms with Crippen LogP contribution in [0.2, 0.25) is 5.02 Å². The molecule has 3 amide bonds. The first-order valence-corrected chi connectivity index (χ1v) is 17.8. The predicted octanol–water partition coefficient (Wildman–Crippen LogP) is 4.32. The normalized spacial score (nSPS) is 30.2. The molecule has 52 heavy (non-hydrogen) atoms. The van der Waals surface area contributed by atoms with Gasteiger partial charge in [0.2, 0.25) is 11.8 Å². The molecule has 12 heteroatoms. The number of hydrogen-bond donors (Lipinski definition) is 2. The standard InChI is InChI=1S/C40H40ClN3O8/c1-50-24-28-35(26-15-7-3-8-16-26)51-39(49)33-31-20-21-40(52-31)34(33)37(47)44(30(23-45)25-13-5-2-6-14-25)36(40)38(48)43(29-18-11-10-17-27(29)41)22-12-4-9-19-32(46)42-28/h2-8,10-18,20-21,28,30-31,33-36,45H,9,19,22-24H2,1H3,(H,42,46)/b12-4-/t28-,30+,31+,33-,34-,35-,36+,40-/m0/s1. The Labute approximate surface area is 306 Å². The number of benzene rings is 3. The van der Waals surface area contributed by atoms with Crippen LogP contribution in [0.25, 0.3) is 0 Å². The molecule has 0 unspecified atom stereocenters. The van der Waals surface area contributed by atoms with Gasteiger partial charge in [0, 0.05) is 20.1 Å². The van der Waals surface area contributed by atoms with Gasteiger partial charge in [-0.1, -0.05) is 109 Å². The van der Waals surface area contributed by atoms with Crippen LogP contribution in [-0.4, -0.2) is 84.4 Å². The number of aliphatic hydroxyl groups excluding tert-OH is 1. The third-order valence-electron chi connectivity index (χ3n) is 10.3. The number of esters is 1. The van der Waals surface area contributed by atoms with Crippen molar-refractivity contribution in [3.05, 3.63) is 125 Å². The lowest BCUT2D eigenvalue weighted by molar-refractivity contribution is -0.162. The summed E-state index contributed by atoms with van der Waals surface area (Å²) in [5, 5.41) is 14.2. The van der Waals surface area contributed by atoms with Crippen molar-refractivity contribution in [3.8, 4) is 0 Å². The molecule has 4 heterocycles. The lowest BCUT2D eigenvalue weighted by Gasteiger charge is -2.39. The molecule has 1 spiro atoms. The number of methoxy groups -OCH3 is 1. The topological polar surface area (TPSA) is 135 Å². The van der Waals surface area contributed by atoms with Crippen LogP contribution in [0, 0.1) is 11.8 Å². The van der Waals surface area contributed by atoms with Gasteiger partial charge in [0.1, 0.15) is 23.7 Å². The van der Waals surface area contributed by atoms with Crippen molar-refractivity contribution in [2.24, 2.45) is 11.8 Å². The number of allylic oxidation sites excluding steroid dienone is 1. The number of halogens is 1. The maximum atomic E-state index is 15.2. The van der Waals surface area contributed by atoms with Gasteiger partial charge >= 0.3 is 5.97 Å². The van der Waals surface area contributed by atoms with E-state index in [0.717, 1.165) is 0 Å². The maximum Gasteiger partial charge on any atom is 0.313 e. The second kappa shape index (κ2) is 15.0. The zero-order valence-electron chi connectivity index (χ0n) is 28.5. The van der Waals surface area contributed by atoms with Crippen LogP contribution in [0.15, 0.2) is 109 Å². The number of nitrogens with zero attached hydrogens (tertiary/aromatic N) is 2. The van der Waals surface area contributed by atoms with E-state index in [2.05, 4.69) is 5.32 Å². The maximum absolute atomic E-state index is 15.2. The van der Waals surface area contributed by atoms with Gasteiger partial charge in [-0.25, -0.2) is 0 Å². The zero-order chi connectivity index (χ0) is 36.4. The smallest absolute Gasteiger partial charge is 0.313 e. The highest BCUT2D eigenvalue weighted by atomic mass is 35.5. The molecular formula is C40H40ClN3O8. The average molecular weight is 726 g/mol. The minimum absolute atomic E-state index is 0.0393. The van der Waals surface area contributed by atoms with E-state index in [1.807, 2.05) is 18.2 Å². The van der Waals surface area contributed by atoms with Gasteiger partial charge in [0.05, 0.1) is 48.0 Å². The SMILES string of the molecule is COC[C@@H]1NC(=O)CC/C=C\CN(c2ccccc2Cl)C(=O)[C@H]2N([C@H](CO)c3ccccc3)C(=O)[C@@H]3[C@@H](C(=O)O[C@H]1c1ccccc1)[C@H]1C=C[C@]32O1. The zero-order valence-corrected chi connectivity index (χ0v) is 29.3. The number of carbonyl (C=O) groups excluding carboxylic acids is 4. The van der Waals surface area contributed by atoms with Gasteiger partial charge in [-0.15, -0.1) is 0 Å². The number of anilines is 1. The summed E-state index contributed by atoms with van der Waals surface area (Å²) >= 11 is 6.69. The quantitative estimate of drug-likeness (QED) is 0.272. The summed E-state index contributed by atoms with van der Waals surface area (Å²) in [6.45, 7) is -0.401. The number of aliphatic hydroxyl groups is 1. The number of rotatable bonds is 7. The molecule has 2 saturated heterocycles. The lowest BCUT2D eigenvalue weighted by atomic mass is 9.74. The van der Waals surface area contributed by atoms with Gasteiger partial charge in [-0.3, -0.25) is 19.2 Å². The molecular weight excluding hydrogens is 686 g/mol. The minimum atomic E-state index is -1.57. The first kappa shape index (κ1) is 35.6. The van der Waals surface area contributed by atoms with E-state index in [1.54, 1.807) is 91.0 Å². The van der Waals surface area contributed by atoms with E-state index in [4.69, 9.17) is 25.8 Å². The highest BCUT2D eigenvalue weighted by molar-refractivity contribution is 6.34. The van der Waals surface area contributed by atoms with E-state index in [1.165, 1.54) is 16.9 Å². The van der Waals surface area contributed by atoms with Gasteiger partial charge < -0.3 is 34.4 Å². The van der Waals surface area contributed by atoms with Gasteiger partial charge in [-0.2, -0.15) is 0 Å². The van der Waals surface area contributed by atoms with Crippen LogP contribution >= 0.6 is 11.6 Å². The lowest BCUT2D eigenvalue weighted by Crippen LogP contribution is -2.57. The second-order valence-corrected chi connectivity index (χ2v) is 13.8. The Morgan fingerprint density at radius 2 is 1.67 bits per heavy atom. The van der Waals surface area contributed by atoms with Crippen molar-refractivity contribution in [2.75, 3.05) is 31.8 Å². The number of amides is 3. The average Bonchev–Trinajstić information content (AvgIpc) is 3.80. The number of likely N-dealkylation sites (tertiary alicyclic amines) is 1. The van der Waals surface area contributed by atoms with E-state index < -0.39 is 72.2 Å². The number of fused-ring (bicyclic) bond motifs is 2. The number of para-hydroxylation sites is 1. The van der Waals surface area contributed by atoms with Crippen LogP contribution in [0.1, 0.15) is 36.1 Å². The van der Waals surface area contributed by atoms with Crippen molar-refractivity contribution in [3.63, 3.8) is 0 Å². The van der Waals surface area contributed by atoms with E-state index in [9.17, 15) is 19.5 Å². The predicted molar refractivity (Wildman–Crippen MR) is 192 cm³/mol. The summed E-state index contributed by atoms with van der Waals surface area (Å²) in [6, 6.07) is 21.9. The van der Waals surface area contributed by atoms with Crippen LogP contribution in [0.5, 0.6) is 0 Å². The molecule has 3 aromatic rings. The molecule has 270 valence electrons. The van der Waals surface area contributed by atoms with Crippen molar-refractivity contribution >= 4 is 41.0 Å². The molecule has 4 aliphatic rings. The molecule has 0 saturated carbocycles. The van der Waals surface area contributed by atoms with E-state index >= 15 is 4.79 Å². The summed E-state index contributed by atoms with van der Waals surface area (Å²) in [4.78, 5) is 60.9. The molecule has 5 bridgehead atoms. The third-order valence-corrected chi connectivity index (χ3v) is 10.7. The fourth-order valence-corrected chi connectivity index (χ4v) is 8.29. The molecule has 11 nitrogen and oxygen atoms in total. The number of carbonyl (C=O) groups is 4. The van der Waals surface area contributed by atoms with Crippen molar-refractivity contribution < 1.29 is 38.5 Å². The highest BCUT2D eigenvalue weighted by Crippen LogP contribution is 2.57. The van der Waals surface area contributed by atoms with E-state index in [0.29, 0.717) is 28.3 Å². The number of cyclic esters (lactones) is 1. The van der Waals surface area contributed by atoms with E-state index in [-0.39, 0.29) is 25.5 Å². The monoisotopic (exact) mass is 725 g/mol. The number of hydrogen-bond acceptors (Lipinski definition) is 8. The Kier molecular flexibility index (Phi) is 10.3. The summed E-state index contributed by atoms with van der Waals surface area (Å²) in [5.74, 6) is -4.33. The second-order valence-electron chi connectivity index (χ2n) is 13.4.